The Labute approximate surface area is 520 Å². The molecule has 2 aliphatic carbocycles. The standard InChI is InChI=1S/C70H96N10O8/c1-45(73-3)65(83)75-59(53-29-17-9-18-30-53)69(87)79-43-21-33-55(79)67(85)77-61(63(71)81)57(49-25-13-7-14-26-49)51-39-35-47(36-40-51)23-11-5-6-12-24-48-37-41-52(42-38-48)58(50-27-15-8-16-28-50)62(64(72)82)78-68(86)56-34-22-44-80(56)70(88)60(54-31-19-10-20-32-54)76-66(84)46(2)74-4/h7-8,13-16,25-28,35-42,45-46,53-62,73-74H,5-6,9-12,17-24,29-34,43-44H2,1-4H3,(H2,71,81)(H2,72,82)(H,75,83)(H,76,84)(H,77,85)(H,78,86)/t45-,46-,55-,56-,57?,58?,59-,60-,61-,62-/m0/s1. The third kappa shape index (κ3) is 17.2. The molecule has 2 unspecified atom stereocenters. The molecule has 2 heterocycles. The molecule has 2 saturated carbocycles. The van der Waals surface area contributed by atoms with E-state index in [1.54, 1.807) is 37.7 Å². The highest BCUT2D eigenvalue weighted by molar-refractivity contribution is 5.97. The summed E-state index contributed by atoms with van der Waals surface area (Å²) in [7, 11) is 3.40. The van der Waals surface area contributed by atoms with E-state index in [1.165, 1.54) is 0 Å². The number of unbranched alkanes of at least 4 members (excludes halogenated alkanes) is 3. The lowest BCUT2D eigenvalue weighted by Crippen LogP contribution is -2.59. The molecule has 4 fully saturated rings. The second-order valence-electron chi connectivity index (χ2n) is 25.1. The van der Waals surface area contributed by atoms with Crippen molar-refractivity contribution >= 4 is 47.3 Å². The number of likely N-dealkylation sites (tertiary alicyclic amines) is 2. The predicted octanol–water partition coefficient (Wildman–Crippen LogP) is 6.56. The van der Waals surface area contributed by atoms with Gasteiger partial charge in [0.25, 0.3) is 0 Å². The number of carbonyl (C=O) groups is 8. The molecule has 0 radical (unpaired) electrons. The van der Waals surface area contributed by atoms with Crippen molar-refractivity contribution in [2.24, 2.45) is 23.3 Å². The highest BCUT2D eigenvalue weighted by Gasteiger charge is 2.45. The number of likely N-dealkylation sites (N-methyl/N-ethyl adjacent to an activating group) is 2. The fraction of sp³-hybridized carbons (Fsp3) is 0.543. The Morgan fingerprint density at radius 3 is 1.10 bits per heavy atom. The van der Waals surface area contributed by atoms with Gasteiger partial charge >= 0.3 is 0 Å². The second-order valence-corrected chi connectivity index (χ2v) is 25.1. The van der Waals surface area contributed by atoms with Crippen LogP contribution in [0.2, 0.25) is 0 Å². The van der Waals surface area contributed by atoms with E-state index in [9.17, 15) is 38.4 Å². The second kappa shape index (κ2) is 32.7. The highest BCUT2D eigenvalue weighted by atomic mass is 16.2. The molecule has 8 amide bonds. The van der Waals surface area contributed by atoms with Crippen LogP contribution in [0.5, 0.6) is 0 Å². The molecule has 2 saturated heterocycles. The fourth-order valence-corrected chi connectivity index (χ4v) is 13.9. The highest BCUT2D eigenvalue weighted by Crippen LogP contribution is 2.35. The number of amides is 8. The van der Waals surface area contributed by atoms with Gasteiger partial charge in [0.05, 0.1) is 12.1 Å². The molecule has 4 aliphatic rings. The average Bonchev–Trinajstić information content (AvgIpc) is 2.11. The molecule has 10 atom stereocenters. The van der Waals surface area contributed by atoms with Crippen molar-refractivity contribution in [3.8, 4) is 0 Å². The van der Waals surface area contributed by atoms with Crippen LogP contribution in [0, 0.1) is 11.8 Å². The molecule has 88 heavy (non-hydrogen) atoms. The molecular formula is C70H96N10O8. The molecule has 0 bridgehead atoms. The molecule has 0 spiro atoms. The first-order chi connectivity index (χ1) is 42.6. The van der Waals surface area contributed by atoms with E-state index >= 15 is 0 Å². The Morgan fingerprint density at radius 1 is 0.432 bits per heavy atom. The van der Waals surface area contributed by atoms with Crippen LogP contribution >= 0.6 is 0 Å². The molecule has 18 heteroatoms. The number of hydrogen-bond acceptors (Lipinski definition) is 10. The Kier molecular flexibility index (Phi) is 24.7. The lowest BCUT2D eigenvalue weighted by molar-refractivity contribution is -0.143. The van der Waals surface area contributed by atoms with Gasteiger partial charge in [-0.3, -0.25) is 38.4 Å². The molecule has 2 aliphatic heterocycles. The van der Waals surface area contributed by atoms with Gasteiger partial charge in [0.1, 0.15) is 36.3 Å². The van der Waals surface area contributed by atoms with Crippen molar-refractivity contribution in [3.63, 3.8) is 0 Å². The Balaban J connectivity index is 0.862. The Hall–Kier alpha value is -7.44. The van der Waals surface area contributed by atoms with Crippen molar-refractivity contribution in [1.29, 1.82) is 0 Å². The normalized spacial score (nSPS) is 20.1. The van der Waals surface area contributed by atoms with Gasteiger partial charge in [-0.2, -0.15) is 0 Å². The summed E-state index contributed by atoms with van der Waals surface area (Å²) in [6.07, 6.45) is 17.1. The number of nitrogens with one attached hydrogen (secondary N) is 6. The third-order valence-electron chi connectivity index (χ3n) is 19.3. The van der Waals surface area contributed by atoms with E-state index < -0.39 is 83.8 Å². The van der Waals surface area contributed by atoms with Gasteiger partial charge < -0.3 is 53.2 Å². The summed E-state index contributed by atoms with van der Waals surface area (Å²) in [5.74, 6) is -4.58. The van der Waals surface area contributed by atoms with E-state index in [0.29, 0.717) is 38.8 Å². The van der Waals surface area contributed by atoms with Crippen molar-refractivity contribution in [3.05, 3.63) is 143 Å². The van der Waals surface area contributed by atoms with Crippen LogP contribution in [0.3, 0.4) is 0 Å². The Morgan fingerprint density at radius 2 is 0.773 bits per heavy atom. The average molecular weight is 1210 g/mol. The smallest absolute Gasteiger partial charge is 0.246 e. The lowest BCUT2D eigenvalue weighted by atomic mass is 9.83. The number of primary amides is 2. The van der Waals surface area contributed by atoms with E-state index in [-0.39, 0.29) is 35.5 Å². The van der Waals surface area contributed by atoms with Crippen LogP contribution in [0.1, 0.15) is 175 Å². The Bertz CT molecular complexity index is 2750. The van der Waals surface area contributed by atoms with Crippen LogP contribution < -0.4 is 43.4 Å². The van der Waals surface area contributed by atoms with E-state index in [0.717, 1.165) is 136 Å². The minimum Gasteiger partial charge on any atom is -0.368 e. The molecule has 474 valence electrons. The monoisotopic (exact) mass is 1200 g/mol. The van der Waals surface area contributed by atoms with Gasteiger partial charge in [0, 0.05) is 24.9 Å². The topological polar surface area (TPSA) is 267 Å². The van der Waals surface area contributed by atoms with Crippen LogP contribution in [-0.4, -0.2) is 133 Å². The maximum absolute atomic E-state index is 14.4. The van der Waals surface area contributed by atoms with Gasteiger partial charge in [-0.25, -0.2) is 0 Å². The number of nitrogens with zero attached hydrogens (tertiary/aromatic N) is 2. The first kappa shape index (κ1) is 66.5. The minimum absolute atomic E-state index is 0.0315. The largest absolute Gasteiger partial charge is 0.368 e. The summed E-state index contributed by atoms with van der Waals surface area (Å²) >= 11 is 0. The zero-order valence-corrected chi connectivity index (χ0v) is 52.2. The van der Waals surface area contributed by atoms with Crippen molar-refractivity contribution < 1.29 is 38.4 Å². The van der Waals surface area contributed by atoms with Gasteiger partial charge in [0.2, 0.25) is 47.3 Å². The summed E-state index contributed by atoms with van der Waals surface area (Å²) in [5.41, 5.74) is 17.9. The van der Waals surface area contributed by atoms with Crippen molar-refractivity contribution in [2.75, 3.05) is 27.2 Å². The summed E-state index contributed by atoms with van der Waals surface area (Å²) in [6.45, 7) is 4.24. The number of hydrogen-bond donors (Lipinski definition) is 8. The minimum atomic E-state index is -1.11. The lowest BCUT2D eigenvalue weighted by Gasteiger charge is -2.35. The number of aryl methyl sites for hydroxylation is 2. The van der Waals surface area contributed by atoms with E-state index in [1.807, 2.05) is 84.9 Å². The zero-order valence-electron chi connectivity index (χ0n) is 52.2. The molecule has 18 nitrogen and oxygen atoms in total. The van der Waals surface area contributed by atoms with Gasteiger partial charge in [-0.05, 0) is 150 Å². The number of benzene rings is 4. The van der Waals surface area contributed by atoms with Crippen molar-refractivity contribution in [2.45, 2.75) is 202 Å². The maximum Gasteiger partial charge on any atom is 0.246 e. The molecule has 4 aromatic carbocycles. The van der Waals surface area contributed by atoms with Crippen LogP contribution in [0.25, 0.3) is 0 Å². The van der Waals surface area contributed by atoms with Crippen LogP contribution in [-0.2, 0) is 51.2 Å². The van der Waals surface area contributed by atoms with Crippen LogP contribution in [0.4, 0.5) is 0 Å². The number of rotatable bonds is 29. The number of carbonyl (C=O) groups excluding carboxylic acids is 8. The van der Waals surface area contributed by atoms with E-state index in [2.05, 4.69) is 56.2 Å². The van der Waals surface area contributed by atoms with Gasteiger partial charge in [0.15, 0.2) is 0 Å². The molecule has 4 aromatic rings. The SMILES string of the molecule is CN[C@@H](C)C(=O)N[C@H](C(=O)N1CCC[C@H]1C(=O)N[C@H](C(N)=O)C(c1ccccc1)c1ccc(CCCCCCc2ccc(C(c3ccccc3)[C@H](NC(=O)[C@@H]3CCCN3C(=O)[C@@H](NC(=O)[C@H](C)NC)C3CCCCC3)C(N)=O)cc2)cc1)C1CCCCC1. The summed E-state index contributed by atoms with van der Waals surface area (Å²) in [6, 6.07) is 29.0. The van der Waals surface area contributed by atoms with Gasteiger partial charge in [-0.15, -0.1) is 0 Å². The van der Waals surface area contributed by atoms with E-state index in [4.69, 9.17) is 11.5 Å². The summed E-state index contributed by atoms with van der Waals surface area (Å²) < 4.78 is 0. The molecule has 0 aromatic heterocycles. The fourth-order valence-electron chi connectivity index (χ4n) is 13.9. The molecular weight excluding hydrogens is 1110 g/mol. The van der Waals surface area contributed by atoms with Crippen molar-refractivity contribution in [1.82, 2.24) is 41.7 Å². The maximum atomic E-state index is 14.4. The van der Waals surface area contributed by atoms with Crippen LogP contribution in [0.15, 0.2) is 109 Å². The predicted molar refractivity (Wildman–Crippen MR) is 341 cm³/mol. The zero-order chi connectivity index (χ0) is 62.7. The first-order valence-electron chi connectivity index (χ1n) is 32.6. The molecule has 10 N–H and O–H groups in total. The molecule has 8 rings (SSSR count). The van der Waals surface area contributed by atoms with Gasteiger partial charge in [-0.1, -0.05) is 161 Å². The first-order valence-corrected chi connectivity index (χ1v) is 32.6. The quantitative estimate of drug-likeness (QED) is 0.0271. The number of nitrogens with two attached hydrogens (primary N) is 2. The summed E-state index contributed by atoms with van der Waals surface area (Å²) in [4.78, 5) is 114. The summed E-state index contributed by atoms with van der Waals surface area (Å²) in [5, 5.41) is 18.0. The third-order valence-corrected chi connectivity index (χ3v) is 19.3.